The molecule has 0 aromatic carbocycles. The number of ether oxygens (including phenoxy) is 1. The van der Waals surface area contributed by atoms with Crippen molar-refractivity contribution in [3.8, 4) is 0 Å². The van der Waals surface area contributed by atoms with Gasteiger partial charge in [0.05, 0.1) is 15.7 Å². The van der Waals surface area contributed by atoms with Crippen LogP contribution in [0.3, 0.4) is 0 Å². The van der Waals surface area contributed by atoms with Gasteiger partial charge in [0.15, 0.2) is 0 Å². The molecule has 1 heterocycles. The second-order valence-electron chi connectivity index (χ2n) is 2.75. The molecular formula is C7H15O2Si2. The van der Waals surface area contributed by atoms with Crippen molar-refractivity contribution in [2.45, 2.75) is 25.4 Å². The van der Waals surface area contributed by atoms with Crippen molar-refractivity contribution in [3.63, 3.8) is 0 Å². The molecule has 3 radical (unpaired) electrons. The molecule has 1 aliphatic rings. The van der Waals surface area contributed by atoms with E-state index in [1.54, 1.807) is 0 Å². The minimum absolute atomic E-state index is 0.606. The molecule has 0 bridgehead atoms. The number of hydrogen-bond donors (Lipinski definition) is 0. The second kappa shape index (κ2) is 5.94. The topological polar surface area (TPSA) is 18.5 Å². The predicted octanol–water partition coefficient (Wildman–Crippen LogP) is 1.05. The van der Waals surface area contributed by atoms with Crippen LogP contribution in [-0.2, 0) is 9.16 Å². The third-order valence-electron chi connectivity index (χ3n) is 1.62. The van der Waals surface area contributed by atoms with E-state index in [4.69, 9.17) is 9.16 Å². The van der Waals surface area contributed by atoms with Crippen molar-refractivity contribution >= 4 is 18.6 Å². The van der Waals surface area contributed by atoms with Crippen LogP contribution in [0.5, 0.6) is 0 Å². The third-order valence-corrected chi connectivity index (χ3v) is 4.21. The van der Waals surface area contributed by atoms with Gasteiger partial charge in [-0.2, -0.15) is 0 Å². The van der Waals surface area contributed by atoms with E-state index in [9.17, 15) is 0 Å². The summed E-state index contributed by atoms with van der Waals surface area (Å²) in [6, 6.07) is 1.33. The largest absolute Gasteiger partial charge is 0.418 e. The van der Waals surface area contributed by atoms with Gasteiger partial charge in [-0.3, -0.25) is 0 Å². The second-order valence-corrected chi connectivity index (χ2v) is 6.02. The highest BCUT2D eigenvalue weighted by molar-refractivity contribution is 6.51. The van der Waals surface area contributed by atoms with Gasteiger partial charge < -0.3 is 9.16 Å². The van der Waals surface area contributed by atoms with Crippen LogP contribution in [0.2, 0.25) is 12.6 Å². The lowest BCUT2D eigenvalue weighted by Crippen LogP contribution is -2.25. The molecule has 1 aliphatic heterocycles. The van der Waals surface area contributed by atoms with E-state index in [2.05, 4.69) is 6.55 Å². The molecule has 11 heavy (non-hydrogen) atoms. The van der Waals surface area contributed by atoms with Crippen molar-refractivity contribution in [1.29, 1.82) is 0 Å². The molecule has 4 heteroatoms. The first kappa shape index (κ1) is 9.44. The molecule has 2 nitrogen and oxygen atoms in total. The molecule has 63 valence electrons. The fourth-order valence-corrected chi connectivity index (χ4v) is 3.51. The Balaban J connectivity index is 2.12. The Morgan fingerprint density at radius 2 is 2.27 bits per heavy atom. The highest BCUT2D eigenvalue weighted by atomic mass is 28.3. The maximum Gasteiger partial charge on any atom is 0.234 e. The molecule has 1 saturated heterocycles. The lowest BCUT2D eigenvalue weighted by Gasteiger charge is -2.13. The van der Waals surface area contributed by atoms with E-state index in [0.29, 0.717) is 0 Å². The van der Waals surface area contributed by atoms with Crippen molar-refractivity contribution < 1.29 is 9.16 Å². The maximum absolute atomic E-state index is 5.61. The minimum atomic E-state index is -0.606. The summed E-state index contributed by atoms with van der Waals surface area (Å²) < 4.78 is 11.1. The average molecular weight is 187 g/mol. The molecule has 0 aliphatic carbocycles. The Labute approximate surface area is 72.8 Å². The maximum atomic E-state index is 5.61. The van der Waals surface area contributed by atoms with E-state index < -0.39 is 9.04 Å². The standard InChI is InChI=1S/C7H15O2Si2/c1-11-7-8-4-2-3-5-10-6-9-11/h2-7H2,1H3. The quantitative estimate of drug-likeness (QED) is 0.528. The van der Waals surface area contributed by atoms with Crippen LogP contribution in [0.25, 0.3) is 0 Å². The van der Waals surface area contributed by atoms with Crippen molar-refractivity contribution in [3.05, 3.63) is 0 Å². The van der Waals surface area contributed by atoms with Crippen LogP contribution < -0.4 is 0 Å². The summed E-state index contributed by atoms with van der Waals surface area (Å²) in [5.74, 6) is 0. The van der Waals surface area contributed by atoms with E-state index in [-0.39, 0.29) is 0 Å². The Hall–Kier alpha value is 0.354. The third kappa shape index (κ3) is 4.73. The first-order chi connectivity index (χ1) is 5.39. The van der Waals surface area contributed by atoms with Crippen LogP contribution in [0.4, 0.5) is 0 Å². The summed E-state index contributed by atoms with van der Waals surface area (Å²) >= 11 is 0. The summed E-state index contributed by atoms with van der Waals surface area (Å²) in [6.07, 6.45) is 4.40. The number of hydrogen-bond acceptors (Lipinski definition) is 2. The van der Waals surface area contributed by atoms with E-state index in [0.717, 1.165) is 28.6 Å². The van der Waals surface area contributed by atoms with Gasteiger partial charge in [0.1, 0.15) is 0 Å². The van der Waals surface area contributed by atoms with Crippen LogP contribution in [0.15, 0.2) is 0 Å². The molecule has 0 unspecified atom stereocenters. The lowest BCUT2D eigenvalue weighted by atomic mass is 10.4. The van der Waals surface area contributed by atoms with Gasteiger partial charge in [0, 0.05) is 12.8 Å². The SMILES string of the molecule is C[Si]1COCCCC[Si]CO1. The van der Waals surface area contributed by atoms with Gasteiger partial charge in [-0.1, -0.05) is 12.5 Å². The Kier molecular flexibility index (Phi) is 5.09. The zero-order chi connectivity index (χ0) is 7.94. The molecule has 0 spiro atoms. The van der Waals surface area contributed by atoms with Crippen LogP contribution >= 0.6 is 0 Å². The fraction of sp³-hybridized carbons (Fsp3) is 1.00. The van der Waals surface area contributed by atoms with Gasteiger partial charge in [-0.25, -0.2) is 0 Å². The van der Waals surface area contributed by atoms with Crippen molar-refractivity contribution in [2.24, 2.45) is 0 Å². The van der Waals surface area contributed by atoms with Gasteiger partial charge in [0.2, 0.25) is 9.04 Å². The monoisotopic (exact) mass is 187 g/mol. The smallest absolute Gasteiger partial charge is 0.234 e. The molecule has 0 N–H and O–H groups in total. The Morgan fingerprint density at radius 3 is 3.18 bits per heavy atom. The van der Waals surface area contributed by atoms with Gasteiger partial charge >= 0.3 is 0 Å². The molecule has 1 rings (SSSR count). The van der Waals surface area contributed by atoms with Crippen LogP contribution in [-0.4, -0.2) is 37.6 Å². The highest BCUT2D eigenvalue weighted by Gasteiger charge is 2.07. The van der Waals surface area contributed by atoms with Gasteiger partial charge in [0.25, 0.3) is 0 Å². The van der Waals surface area contributed by atoms with E-state index >= 15 is 0 Å². The number of rotatable bonds is 0. The molecular weight excluding hydrogens is 172 g/mol. The van der Waals surface area contributed by atoms with Crippen LogP contribution in [0, 0.1) is 0 Å². The molecule has 0 aromatic rings. The summed E-state index contributed by atoms with van der Waals surface area (Å²) in [4.78, 5) is 0. The normalized spacial score (nSPS) is 24.8. The van der Waals surface area contributed by atoms with Crippen LogP contribution in [0.1, 0.15) is 12.8 Å². The first-order valence-electron chi connectivity index (χ1n) is 4.13. The summed E-state index contributed by atoms with van der Waals surface area (Å²) in [7, 11) is 0.410. The van der Waals surface area contributed by atoms with Gasteiger partial charge in [-0.05, 0) is 13.0 Å². The fourth-order valence-electron chi connectivity index (χ4n) is 0.958. The molecule has 0 aromatic heterocycles. The zero-order valence-corrected chi connectivity index (χ0v) is 9.06. The molecule has 0 amide bonds. The molecule has 0 atom stereocenters. The van der Waals surface area contributed by atoms with E-state index in [1.165, 1.54) is 18.9 Å². The summed E-state index contributed by atoms with van der Waals surface area (Å²) in [5, 5.41) is 0. The zero-order valence-electron chi connectivity index (χ0n) is 7.06. The van der Waals surface area contributed by atoms with E-state index in [1.807, 2.05) is 0 Å². The van der Waals surface area contributed by atoms with Crippen molar-refractivity contribution in [2.75, 3.05) is 19.1 Å². The summed E-state index contributed by atoms with van der Waals surface area (Å²) in [5.41, 5.74) is 0. The van der Waals surface area contributed by atoms with Gasteiger partial charge in [-0.15, -0.1) is 0 Å². The first-order valence-corrected chi connectivity index (χ1v) is 7.66. The van der Waals surface area contributed by atoms with Crippen molar-refractivity contribution in [1.82, 2.24) is 0 Å². The average Bonchev–Trinajstić information content (AvgIpc) is 2.03. The Bertz CT molecular complexity index is 90.4. The summed E-state index contributed by atoms with van der Waals surface area (Å²) in [6.45, 7) is 3.12. The molecule has 1 fully saturated rings. The minimum Gasteiger partial charge on any atom is -0.418 e. The Morgan fingerprint density at radius 1 is 1.36 bits per heavy atom. The lowest BCUT2D eigenvalue weighted by molar-refractivity contribution is 0.158. The highest BCUT2D eigenvalue weighted by Crippen LogP contribution is 1.99. The predicted molar refractivity (Wildman–Crippen MR) is 48.2 cm³/mol. The molecule has 0 saturated carbocycles.